The van der Waals surface area contributed by atoms with Crippen molar-refractivity contribution in [3.05, 3.63) is 77.4 Å². The number of carbonyl (C=O) groups is 1. The monoisotopic (exact) mass is 372 g/mol. The van der Waals surface area contributed by atoms with Gasteiger partial charge >= 0.3 is 0 Å². The van der Waals surface area contributed by atoms with Crippen molar-refractivity contribution in [1.29, 1.82) is 0 Å². The Labute approximate surface area is 155 Å². The van der Waals surface area contributed by atoms with Gasteiger partial charge in [-0.25, -0.2) is 13.1 Å². The van der Waals surface area contributed by atoms with Crippen molar-refractivity contribution in [3.63, 3.8) is 0 Å². The number of sulfonamides is 1. The molecule has 2 rings (SSSR count). The number of nitrogens with zero attached hydrogens (tertiary/aromatic N) is 1. The van der Waals surface area contributed by atoms with Gasteiger partial charge < -0.3 is 4.90 Å². The van der Waals surface area contributed by atoms with E-state index in [0.717, 1.165) is 11.1 Å². The molecule has 0 bridgehead atoms. The fourth-order valence-corrected chi connectivity index (χ4v) is 3.60. The molecule has 0 saturated carbocycles. The van der Waals surface area contributed by atoms with E-state index in [9.17, 15) is 13.2 Å². The van der Waals surface area contributed by atoms with E-state index in [-0.39, 0.29) is 17.3 Å². The van der Waals surface area contributed by atoms with Crippen molar-refractivity contribution in [2.24, 2.45) is 0 Å². The van der Waals surface area contributed by atoms with E-state index in [1.807, 2.05) is 26.0 Å². The molecule has 0 aliphatic rings. The molecule has 0 aromatic heterocycles. The molecule has 2 aromatic rings. The molecule has 0 heterocycles. The van der Waals surface area contributed by atoms with Gasteiger partial charge in [-0.1, -0.05) is 29.8 Å². The summed E-state index contributed by atoms with van der Waals surface area (Å²) >= 11 is 0. The molecule has 2 aromatic carbocycles. The van der Waals surface area contributed by atoms with Crippen molar-refractivity contribution >= 4 is 15.9 Å². The predicted octanol–water partition coefficient (Wildman–Crippen LogP) is 3.04. The predicted molar refractivity (Wildman–Crippen MR) is 104 cm³/mol. The van der Waals surface area contributed by atoms with Gasteiger partial charge in [-0.05, 0) is 49.2 Å². The Morgan fingerprint density at radius 3 is 2.38 bits per heavy atom. The van der Waals surface area contributed by atoms with Gasteiger partial charge in [-0.15, -0.1) is 6.58 Å². The largest absolute Gasteiger partial charge is 0.337 e. The van der Waals surface area contributed by atoms with E-state index in [2.05, 4.69) is 17.4 Å². The summed E-state index contributed by atoms with van der Waals surface area (Å²) in [7, 11) is -1.86. The molecule has 0 fully saturated rings. The summed E-state index contributed by atoms with van der Waals surface area (Å²) in [6.45, 7) is 8.19. The van der Waals surface area contributed by atoms with Crippen LogP contribution in [0.4, 0.5) is 0 Å². The Balaban J connectivity index is 2.12. The Hall–Kier alpha value is -2.44. The van der Waals surface area contributed by atoms with Crippen molar-refractivity contribution in [2.45, 2.75) is 25.3 Å². The minimum Gasteiger partial charge on any atom is -0.337 e. The smallest absolute Gasteiger partial charge is 0.253 e. The highest BCUT2D eigenvalue weighted by atomic mass is 32.2. The lowest BCUT2D eigenvalue weighted by atomic mass is 10.1. The topological polar surface area (TPSA) is 66.5 Å². The lowest BCUT2D eigenvalue weighted by Gasteiger charge is -2.19. The van der Waals surface area contributed by atoms with Gasteiger partial charge in [0, 0.05) is 25.7 Å². The Morgan fingerprint density at radius 1 is 1.15 bits per heavy atom. The van der Waals surface area contributed by atoms with Crippen LogP contribution in [-0.2, 0) is 16.6 Å². The molecule has 0 aliphatic heterocycles. The van der Waals surface area contributed by atoms with Gasteiger partial charge in [-0.3, -0.25) is 4.79 Å². The fourth-order valence-electron chi connectivity index (χ4n) is 2.60. The Kier molecular flexibility index (Phi) is 6.34. The number of carbonyl (C=O) groups excluding carboxylic acids is 1. The maximum atomic E-state index is 12.6. The molecule has 0 saturated heterocycles. The Bertz CT molecular complexity index is 903. The third-order valence-corrected chi connectivity index (χ3v) is 5.52. The SMILES string of the molecule is C=CCNS(=O)(=O)c1ccc(C(=O)N(C)Cc2ccc(C)cc2C)cc1. The summed E-state index contributed by atoms with van der Waals surface area (Å²) < 4.78 is 26.5. The normalized spacial score (nSPS) is 11.2. The summed E-state index contributed by atoms with van der Waals surface area (Å²) in [5.74, 6) is -0.159. The van der Waals surface area contributed by atoms with Crippen molar-refractivity contribution < 1.29 is 13.2 Å². The number of amides is 1. The number of benzene rings is 2. The van der Waals surface area contributed by atoms with Crippen LogP contribution in [0.2, 0.25) is 0 Å². The van der Waals surface area contributed by atoms with E-state index < -0.39 is 10.0 Å². The second kappa shape index (κ2) is 8.29. The first-order chi connectivity index (χ1) is 12.2. The third kappa shape index (κ3) is 4.80. The van der Waals surface area contributed by atoms with Gasteiger partial charge in [0.1, 0.15) is 0 Å². The first-order valence-electron chi connectivity index (χ1n) is 8.27. The van der Waals surface area contributed by atoms with Crippen LogP contribution in [0.5, 0.6) is 0 Å². The summed E-state index contributed by atoms with van der Waals surface area (Å²) in [5, 5.41) is 0. The quantitative estimate of drug-likeness (QED) is 0.760. The lowest BCUT2D eigenvalue weighted by molar-refractivity contribution is 0.0785. The average Bonchev–Trinajstić information content (AvgIpc) is 2.61. The highest BCUT2D eigenvalue weighted by Crippen LogP contribution is 2.16. The molecular formula is C20H24N2O3S. The molecule has 26 heavy (non-hydrogen) atoms. The van der Waals surface area contributed by atoms with E-state index >= 15 is 0 Å². The van der Waals surface area contributed by atoms with Gasteiger partial charge in [0.05, 0.1) is 4.90 Å². The molecule has 5 nitrogen and oxygen atoms in total. The van der Waals surface area contributed by atoms with Crippen LogP contribution < -0.4 is 4.72 Å². The van der Waals surface area contributed by atoms with Crippen molar-refractivity contribution in [3.8, 4) is 0 Å². The minimum absolute atomic E-state index is 0.118. The van der Waals surface area contributed by atoms with Gasteiger partial charge in [0.2, 0.25) is 10.0 Å². The van der Waals surface area contributed by atoms with Crippen LogP contribution in [0.3, 0.4) is 0 Å². The average molecular weight is 372 g/mol. The molecule has 0 atom stereocenters. The zero-order chi connectivity index (χ0) is 19.3. The highest BCUT2D eigenvalue weighted by molar-refractivity contribution is 7.89. The number of hydrogen-bond acceptors (Lipinski definition) is 3. The lowest BCUT2D eigenvalue weighted by Crippen LogP contribution is -2.27. The maximum absolute atomic E-state index is 12.6. The molecule has 6 heteroatoms. The second-order valence-electron chi connectivity index (χ2n) is 6.26. The fraction of sp³-hybridized carbons (Fsp3) is 0.250. The van der Waals surface area contributed by atoms with E-state index in [1.165, 1.54) is 35.9 Å². The molecule has 1 amide bonds. The number of hydrogen-bond donors (Lipinski definition) is 1. The van der Waals surface area contributed by atoms with Gasteiger partial charge in [-0.2, -0.15) is 0 Å². The van der Waals surface area contributed by atoms with Crippen molar-refractivity contribution in [1.82, 2.24) is 9.62 Å². The summed E-state index contributed by atoms with van der Waals surface area (Å²) in [4.78, 5) is 14.3. The first-order valence-corrected chi connectivity index (χ1v) is 9.75. The number of nitrogens with one attached hydrogen (secondary N) is 1. The van der Waals surface area contributed by atoms with Crippen LogP contribution in [0.25, 0.3) is 0 Å². The molecule has 0 aliphatic carbocycles. The third-order valence-electron chi connectivity index (χ3n) is 4.08. The summed E-state index contributed by atoms with van der Waals surface area (Å²) in [6, 6.07) is 12.1. The molecule has 0 spiro atoms. The molecule has 138 valence electrons. The minimum atomic E-state index is -3.59. The first kappa shape index (κ1) is 19.9. The zero-order valence-corrected chi connectivity index (χ0v) is 16.1. The van der Waals surface area contributed by atoms with E-state index in [1.54, 1.807) is 11.9 Å². The molecular weight excluding hydrogens is 348 g/mol. The van der Waals surface area contributed by atoms with Crippen LogP contribution in [-0.4, -0.2) is 32.8 Å². The zero-order valence-electron chi connectivity index (χ0n) is 15.3. The Morgan fingerprint density at radius 2 is 1.81 bits per heavy atom. The molecule has 0 unspecified atom stereocenters. The van der Waals surface area contributed by atoms with Gasteiger partial charge in [0.25, 0.3) is 5.91 Å². The molecule has 1 N–H and O–H groups in total. The van der Waals surface area contributed by atoms with Crippen LogP contribution in [0.1, 0.15) is 27.0 Å². The number of rotatable bonds is 7. The maximum Gasteiger partial charge on any atom is 0.253 e. The second-order valence-corrected chi connectivity index (χ2v) is 8.02. The van der Waals surface area contributed by atoms with Crippen molar-refractivity contribution in [2.75, 3.05) is 13.6 Å². The van der Waals surface area contributed by atoms with Crippen LogP contribution >= 0.6 is 0 Å². The van der Waals surface area contributed by atoms with Crippen LogP contribution in [0, 0.1) is 13.8 Å². The standard InChI is InChI=1S/C20H24N2O3S/c1-5-12-21-26(24,25)19-10-8-17(9-11-19)20(23)22(4)14-18-7-6-15(2)13-16(18)3/h5-11,13,21H,1,12,14H2,2-4H3. The number of aryl methyl sites for hydroxylation is 2. The van der Waals surface area contributed by atoms with Gasteiger partial charge in [0.15, 0.2) is 0 Å². The summed E-state index contributed by atoms with van der Waals surface area (Å²) in [6.07, 6.45) is 1.47. The molecule has 0 radical (unpaired) electrons. The van der Waals surface area contributed by atoms with E-state index in [4.69, 9.17) is 0 Å². The summed E-state index contributed by atoms with van der Waals surface area (Å²) in [5.41, 5.74) is 3.85. The van der Waals surface area contributed by atoms with E-state index in [0.29, 0.717) is 12.1 Å². The highest BCUT2D eigenvalue weighted by Gasteiger charge is 2.16. The van der Waals surface area contributed by atoms with Crippen LogP contribution in [0.15, 0.2) is 60.0 Å².